The molecule has 0 aliphatic carbocycles. The topological polar surface area (TPSA) is 113 Å². The molecule has 0 amide bonds. The molecular formula is C17H14N2O6. The van der Waals surface area contributed by atoms with E-state index >= 15 is 0 Å². The maximum Gasteiger partial charge on any atom is 0.331 e. The molecule has 128 valence electrons. The first-order chi connectivity index (χ1) is 11.9. The van der Waals surface area contributed by atoms with E-state index in [0.717, 1.165) is 0 Å². The molecule has 0 fully saturated rings. The Kier molecular flexibility index (Phi) is 5.57. The van der Waals surface area contributed by atoms with Gasteiger partial charge in [-0.25, -0.2) is 4.79 Å². The standard InChI is InChI=1S/C17H14N2O6/c1-2-25-17(20)11-16(12-5-3-7-14(9-12)18(21)22)13-6-4-8-15(10-13)19(23)24/h3-11H,2H2,1H3. The van der Waals surface area contributed by atoms with Crippen LogP contribution in [0, 0.1) is 20.2 Å². The van der Waals surface area contributed by atoms with E-state index in [-0.39, 0.29) is 18.0 Å². The zero-order valence-electron chi connectivity index (χ0n) is 13.2. The van der Waals surface area contributed by atoms with E-state index in [1.54, 1.807) is 19.1 Å². The van der Waals surface area contributed by atoms with E-state index in [9.17, 15) is 25.0 Å². The Morgan fingerprint density at radius 1 is 1.00 bits per heavy atom. The minimum absolute atomic E-state index is 0.155. The van der Waals surface area contributed by atoms with Gasteiger partial charge in [0.1, 0.15) is 0 Å². The number of nitro groups is 2. The number of nitro benzene ring substituents is 2. The van der Waals surface area contributed by atoms with Crippen molar-refractivity contribution in [1.29, 1.82) is 0 Å². The van der Waals surface area contributed by atoms with E-state index < -0.39 is 15.8 Å². The van der Waals surface area contributed by atoms with Crippen LogP contribution in [0.3, 0.4) is 0 Å². The van der Waals surface area contributed by atoms with Crippen molar-refractivity contribution < 1.29 is 19.4 Å². The molecule has 2 aromatic rings. The van der Waals surface area contributed by atoms with Crippen LogP contribution < -0.4 is 0 Å². The lowest BCUT2D eigenvalue weighted by Crippen LogP contribution is -2.02. The number of nitrogens with zero attached hydrogens (tertiary/aromatic N) is 2. The van der Waals surface area contributed by atoms with Gasteiger partial charge < -0.3 is 4.74 Å². The van der Waals surface area contributed by atoms with E-state index in [2.05, 4.69) is 0 Å². The third-order valence-corrected chi connectivity index (χ3v) is 3.28. The average Bonchev–Trinajstić information content (AvgIpc) is 2.60. The van der Waals surface area contributed by atoms with Crippen LogP contribution in [0.4, 0.5) is 11.4 Å². The molecule has 2 aromatic carbocycles. The Bertz CT molecular complexity index is 800. The van der Waals surface area contributed by atoms with Crippen LogP contribution in [-0.2, 0) is 9.53 Å². The van der Waals surface area contributed by atoms with Crippen molar-refractivity contribution in [3.8, 4) is 0 Å². The fourth-order valence-electron chi connectivity index (χ4n) is 2.21. The lowest BCUT2D eigenvalue weighted by atomic mass is 9.96. The summed E-state index contributed by atoms with van der Waals surface area (Å²) in [5.74, 6) is -0.643. The van der Waals surface area contributed by atoms with Gasteiger partial charge in [-0.1, -0.05) is 24.3 Å². The van der Waals surface area contributed by atoms with Gasteiger partial charge in [0.15, 0.2) is 0 Å². The predicted octanol–water partition coefficient (Wildman–Crippen LogP) is 3.50. The van der Waals surface area contributed by atoms with Crippen LogP contribution in [0.25, 0.3) is 5.57 Å². The summed E-state index contributed by atoms with van der Waals surface area (Å²) in [4.78, 5) is 32.7. The molecule has 0 radical (unpaired) electrons. The molecular weight excluding hydrogens is 328 g/mol. The Morgan fingerprint density at radius 3 is 1.88 bits per heavy atom. The van der Waals surface area contributed by atoms with Gasteiger partial charge in [-0.05, 0) is 23.6 Å². The highest BCUT2D eigenvalue weighted by atomic mass is 16.6. The zero-order chi connectivity index (χ0) is 18.4. The van der Waals surface area contributed by atoms with Gasteiger partial charge in [-0.15, -0.1) is 0 Å². The molecule has 0 saturated heterocycles. The molecule has 0 heterocycles. The average molecular weight is 342 g/mol. The molecule has 0 unspecified atom stereocenters. The largest absolute Gasteiger partial charge is 0.463 e. The van der Waals surface area contributed by atoms with E-state index in [0.29, 0.717) is 16.7 Å². The molecule has 0 aromatic heterocycles. The number of esters is 1. The summed E-state index contributed by atoms with van der Waals surface area (Å²) in [6.07, 6.45) is 1.17. The number of non-ortho nitro benzene ring substituents is 2. The Balaban J connectivity index is 2.60. The van der Waals surface area contributed by atoms with Crippen LogP contribution >= 0.6 is 0 Å². The first-order valence-corrected chi connectivity index (χ1v) is 7.30. The van der Waals surface area contributed by atoms with Gasteiger partial charge >= 0.3 is 5.97 Å². The van der Waals surface area contributed by atoms with Crippen molar-refractivity contribution in [2.45, 2.75) is 6.92 Å². The Hall–Kier alpha value is -3.55. The van der Waals surface area contributed by atoms with E-state index in [1.165, 1.54) is 42.5 Å². The minimum Gasteiger partial charge on any atom is -0.463 e. The minimum atomic E-state index is -0.643. The van der Waals surface area contributed by atoms with Crippen molar-refractivity contribution in [2.75, 3.05) is 6.61 Å². The van der Waals surface area contributed by atoms with Gasteiger partial charge in [0.25, 0.3) is 11.4 Å². The SMILES string of the molecule is CCOC(=O)C=C(c1cccc([N+](=O)[O-])c1)c1cccc([N+](=O)[O-])c1. The zero-order valence-corrected chi connectivity index (χ0v) is 13.2. The van der Waals surface area contributed by atoms with Crippen molar-refractivity contribution in [1.82, 2.24) is 0 Å². The highest BCUT2D eigenvalue weighted by Crippen LogP contribution is 2.28. The normalized spacial score (nSPS) is 9.96. The second-order valence-corrected chi connectivity index (χ2v) is 4.92. The van der Waals surface area contributed by atoms with Crippen LogP contribution in [0.15, 0.2) is 54.6 Å². The van der Waals surface area contributed by atoms with Crippen molar-refractivity contribution >= 4 is 22.9 Å². The number of carbonyl (C=O) groups is 1. The quantitative estimate of drug-likeness (QED) is 0.344. The summed E-state index contributed by atoms with van der Waals surface area (Å²) in [6, 6.07) is 11.3. The highest BCUT2D eigenvalue weighted by molar-refractivity contribution is 5.96. The predicted molar refractivity (Wildman–Crippen MR) is 89.9 cm³/mol. The van der Waals surface area contributed by atoms with Gasteiger partial charge in [0, 0.05) is 30.3 Å². The van der Waals surface area contributed by atoms with Crippen LogP contribution in [0.1, 0.15) is 18.1 Å². The van der Waals surface area contributed by atoms with Crippen LogP contribution in [0.2, 0.25) is 0 Å². The number of rotatable bonds is 6. The van der Waals surface area contributed by atoms with Crippen molar-refractivity contribution in [3.63, 3.8) is 0 Å². The molecule has 25 heavy (non-hydrogen) atoms. The molecule has 8 nitrogen and oxygen atoms in total. The summed E-state index contributed by atoms with van der Waals surface area (Å²) in [5.41, 5.74) is 0.742. The lowest BCUT2D eigenvalue weighted by Gasteiger charge is -2.09. The maximum absolute atomic E-state index is 11.9. The summed E-state index contributed by atoms with van der Waals surface area (Å²) < 4.78 is 4.89. The maximum atomic E-state index is 11.9. The summed E-state index contributed by atoms with van der Waals surface area (Å²) in [6.45, 7) is 1.80. The first kappa shape index (κ1) is 17.8. The van der Waals surface area contributed by atoms with Crippen LogP contribution in [0.5, 0.6) is 0 Å². The molecule has 0 atom stereocenters. The molecule has 8 heteroatoms. The number of hydrogen-bond donors (Lipinski definition) is 0. The summed E-state index contributed by atoms with van der Waals surface area (Å²) >= 11 is 0. The lowest BCUT2D eigenvalue weighted by molar-refractivity contribution is -0.385. The van der Waals surface area contributed by atoms with E-state index in [4.69, 9.17) is 4.74 Å². The first-order valence-electron chi connectivity index (χ1n) is 7.30. The van der Waals surface area contributed by atoms with Gasteiger partial charge in [-0.3, -0.25) is 20.2 Å². The van der Waals surface area contributed by atoms with Gasteiger partial charge in [0.05, 0.1) is 16.5 Å². The summed E-state index contributed by atoms with van der Waals surface area (Å²) in [5, 5.41) is 22.0. The smallest absolute Gasteiger partial charge is 0.331 e. The summed E-state index contributed by atoms with van der Waals surface area (Å²) in [7, 11) is 0. The number of carbonyl (C=O) groups excluding carboxylic acids is 1. The van der Waals surface area contributed by atoms with Crippen molar-refractivity contribution in [2.24, 2.45) is 0 Å². The Morgan fingerprint density at radius 2 is 1.48 bits per heavy atom. The molecule has 0 saturated carbocycles. The molecule has 0 N–H and O–H groups in total. The number of hydrogen-bond acceptors (Lipinski definition) is 6. The molecule has 0 aliphatic heterocycles. The molecule has 0 aliphatic rings. The second-order valence-electron chi connectivity index (χ2n) is 4.92. The molecule has 2 rings (SSSR count). The second kappa shape index (κ2) is 7.82. The van der Waals surface area contributed by atoms with Gasteiger partial charge in [0.2, 0.25) is 0 Å². The van der Waals surface area contributed by atoms with E-state index in [1.807, 2.05) is 0 Å². The third kappa shape index (κ3) is 4.47. The monoisotopic (exact) mass is 342 g/mol. The van der Waals surface area contributed by atoms with Crippen molar-refractivity contribution in [3.05, 3.63) is 86.0 Å². The number of benzene rings is 2. The third-order valence-electron chi connectivity index (χ3n) is 3.28. The highest BCUT2D eigenvalue weighted by Gasteiger charge is 2.15. The number of ether oxygens (including phenoxy) is 1. The van der Waals surface area contributed by atoms with Gasteiger partial charge in [-0.2, -0.15) is 0 Å². The van der Waals surface area contributed by atoms with Crippen LogP contribution in [-0.4, -0.2) is 22.4 Å². The fraction of sp³-hybridized carbons (Fsp3) is 0.118. The Labute approximate surface area is 142 Å². The fourth-order valence-corrected chi connectivity index (χ4v) is 2.21. The molecule has 0 bridgehead atoms. The molecule has 0 spiro atoms.